The maximum atomic E-state index is 15.4. The maximum Gasteiger partial charge on any atom is 0.422 e. The summed E-state index contributed by atoms with van der Waals surface area (Å²) < 4.78 is 153. The summed E-state index contributed by atoms with van der Waals surface area (Å²) in [5, 5.41) is 0. The van der Waals surface area contributed by atoms with Crippen LogP contribution in [0, 0.1) is 35.0 Å². The van der Waals surface area contributed by atoms with Crippen LogP contribution in [0.5, 0.6) is 0 Å². The van der Waals surface area contributed by atoms with Crippen molar-refractivity contribution >= 4 is 0 Å². The molecule has 3 aromatic rings. The molecule has 3 aromatic carbocycles. The third-order valence-corrected chi connectivity index (χ3v) is 6.29. The first-order valence-corrected chi connectivity index (χ1v) is 11.7. The van der Waals surface area contributed by atoms with E-state index >= 15 is 13.2 Å². The van der Waals surface area contributed by atoms with E-state index in [1.54, 1.807) is 0 Å². The van der Waals surface area contributed by atoms with Crippen molar-refractivity contribution in [2.45, 2.75) is 38.2 Å². The number of halogens is 10. The van der Waals surface area contributed by atoms with E-state index in [0.717, 1.165) is 25.0 Å². The molecule has 0 spiro atoms. The van der Waals surface area contributed by atoms with Gasteiger partial charge >= 0.3 is 12.1 Å². The highest BCUT2D eigenvalue weighted by Gasteiger charge is 2.44. The van der Waals surface area contributed by atoms with Crippen LogP contribution in [0.2, 0.25) is 0 Å². The normalized spacial score (nSPS) is 18.4. The fraction of sp³-hybridized carbons (Fsp3) is 0.333. The van der Waals surface area contributed by atoms with E-state index in [0.29, 0.717) is 18.2 Å². The predicted molar refractivity (Wildman–Crippen MR) is 119 cm³/mol. The molecule has 0 amide bonds. The Labute approximate surface area is 216 Å². The molecule has 0 aromatic heterocycles. The van der Waals surface area contributed by atoms with Crippen LogP contribution < -0.4 is 0 Å². The molecular formula is C27H20F10O2. The van der Waals surface area contributed by atoms with E-state index in [2.05, 4.69) is 0 Å². The number of hydrogen-bond acceptors (Lipinski definition) is 2. The summed E-state index contributed by atoms with van der Waals surface area (Å²) in [5.74, 6) is -14.1. The highest BCUT2D eigenvalue weighted by molar-refractivity contribution is 5.66. The van der Waals surface area contributed by atoms with Crippen molar-refractivity contribution in [3.63, 3.8) is 0 Å². The first-order valence-electron chi connectivity index (χ1n) is 11.7. The van der Waals surface area contributed by atoms with Gasteiger partial charge in [-0.05, 0) is 42.3 Å². The molecule has 1 aliphatic rings. The molecule has 39 heavy (non-hydrogen) atoms. The van der Waals surface area contributed by atoms with Gasteiger partial charge in [0.05, 0.1) is 24.3 Å². The Balaban J connectivity index is 1.70. The van der Waals surface area contributed by atoms with E-state index in [1.807, 2.05) is 6.92 Å². The second kappa shape index (κ2) is 10.8. The van der Waals surface area contributed by atoms with Crippen molar-refractivity contribution in [2.75, 3.05) is 13.2 Å². The lowest BCUT2D eigenvalue weighted by atomic mass is 9.93. The molecule has 0 N–H and O–H groups in total. The zero-order chi connectivity index (χ0) is 28.7. The number of rotatable bonds is 6. The quantitative estimate of drug-likeness (QED) is 0.278. The fourth-order valence-corrected chi connectivity index (χ4v) is 4.47. The Morgan fingerprint density at radius 1 is 0.769 bits per heavy atom. The van der Waals surface area contributed by atoms with Crippen LogP contribution in [-0.4, -0.2) is 13.2 Å². The van der Waals surface area contributed by atoms with Crippen molar-refractivity contribution in [1.82, 2.24) is 0 Å². The largest absolute Gasteiger partial charge is 0.422 e. The topological polar surface area (TPSA) is 18.5 Å². The Bertz CT molecular complexity index is 1320. The zero-order valence-electron chi connectivity index (χ0n) is 20.1. The second-order valence-corrected chi connectivity index (χ2v) is 9.07. The summed E-state index contributed by atoms with van der Waals surface area (Å²) in [4.78, 5) is 0. The molecule has 0 bridgehead atoms. The smallest absolute Gasteiger partial charge is 0.348 e. The van der Waals surface area contributed by atoms with Crippen LogP contribution in [0.1, 0.15) is 48.3 Å². The molecule has 2 nitrogen and oxygen atoms in total. The van der Waals surface area contributed by atoms with Crippen molar-refractivity contribution in [1.29, 1.82) is 0 Å². The minimum absolute atomic E-state index is 0.0615. The maximum absolute atomic E-state index is 15.4. The number of benzene rings is 3. The standard InChI is InChI=1S/C27H20F10O2/c1-2-4-13-11-38-25(39-12-13)15-9-18(28)22(19(29)10-15)26(33,34)17-6-3-5-16(24(17)32)14-7-20(30)23(21(31)8-14)27(35,36)37/h3,5-10,13,25H,2,4,11-12H2,1H3. The van der Waals surface area contributed by atoms with Gasteiger partial charge in [-0.1, -0.05) is 25.5 Å². The number of ether oxygens (including phenoxy) is 2. The van der Waals surface area contributed by atoms with Crippen LogP contribution in [0.3, 0.4) is 0 Å². The van der Waals surface area contributed by atoms with Crippen LogP contribution in [-0.2, 0) is 21.6 Å². The van der Waals surface area contributed by atoms with Gasteiger partial charge < -0.3 is 9.47 Å². The molecule has 0 aliphatic carbocycles. The van der Waals surface area contributed by atoms with Gasteiger partial charge in [-0.3, -0.25) is 0 Å². The van der Waals surface area contributed by atoms with Crippen LogP contribution >= 0.6 is 0 Å². The summed E-state index contributed by atoms with van der Waals surface area (Å²) in [6.45, 7) is 2.40. The average molecular weight is 566 g/mol. The average Bonchev–Trinajstić information content (AvgIpc) is 2.82. The lowest BCUT2D eigenvalue weighted by molar-refractivity contribution is -0.206. The molecule has 4 rings (SSSR count). The van der Waals surface area contributed by atoms with Gasteiger partial charge in [-0.15, -0.1) is 0 Å². The fourth-order valence-electron chi connectivity index (χ4n) is 4.47. The third kappa shape index (κ3) is 5.62. The second-order valence-electron chi connectivity index (χ2n) is 9.07. The van der Waals surface area contributed by atoms with Gasteiger partial charge in [0.2, 0.25) is 0 Å². The van der Waals surface area contributed by atoms with Crippen LogP contribution in [0.4, 0.5) is 43.9 Å². The van der Waals surface area contributed by atoms with Crippen molar-refractivity contribution < 1.29 is 53.4 Å². The van der Waals surface area contributed by atoms with Crippen molar-refractivity contribution in [3.05, 3.63) is 93.8 Å². The molecule has 0 unspecified atom stereocenters. The van der Waals surface area contributed by atoms with E-state index in [4.69, 9.17) is 9.47 Å². The lowest BCUT2D eigenvalue weighted by Gasteiger charge is -2.30. The van der Waals surface area contributed by atoms with E-state index in [-0.39, 0.29) is 36.8 Å². The van der Waals surface area contributed by atoms with Crippen LogP contribution in [0.15, 0.2) is 42.5 Å². The van der Waals surface area contributed by atoms with Crippen LogP contribution in [0.25, 0.3) is 11.1 Å². The molecule has 0 radical (unpaired) electrons. The summed E-state index contributed by atoms with van der Waals surface area (Å²) in [6, 6.07) is 3.45. The van der Waals surface area contributed by atoms with E-state index in [9.17, 15) is 30.7 Å². The Hall–Kier alpha value is -3.12. The Morgan fingerprint density at radius 2 is 1.31 bits per heavy atom. The highest BCUT2D eigenvalue weighted by Crippen LogP contribution is 2.44. The molecule has 0 saturated carbocycles. The van der Waals surface area contributed by atoms with Gasteiger partial charge in [0.15, 0.2) is 6.29 Å². The Morgan fingerprint density at radius 3 is 1.82 bits per heavy atom. The molecule has 0 atom stereocenters. The van der Waals surface area contributed by atoms with Gasteiger partial charge in [-0.2, -0.15) is 22.0 Å². The molecule has 12 heteroatoms. The van der Waals surface area contributed by atoms with Gasteiger partial charge in [0, 0.05) is 17.0 Å². The van der Waals surface area contributed by atoms with E-state index < -0.39 is 75.3 Å². The van der Waals surface area contributed by atoms with Gasteiger partial charge in [0.1, 0.15) is 34.6 Å². The first kappa shape index (κ1) is 28.9. The molecule has 1 saturated heterocycles. The third-order valence-electron chi connectivity index (χ3n) is 6.29. The highest BCUT2D eigenvalue weighted by atomic mass is 19.4. The zero-order valence-corrected chi connectivity index (χ0v) is 20.1. The monoisotopic (exact) mass is 566 g/mol. The number of alkyl halides is 5. The predicted octanol–water partition coefficient (Wildman–Crippen LogP) is 8.67. The van der Waals surface area contributed by atoms with Crippen molar-refractivity contribution in [3.8, 4) is 11.1 Å². The summed E-state index contributed by atoms with van der Waals surface area (Å²) >= 11 is 0. The van der Waals surface area contributed by atoms with E-state index in [1.165, 1.54) is 0 Å². The summed E-state index contributed by atoms with van der Waals surface area (Å²) in [5.41, 5.74) is -7.60. The van der Waals surface area contributed by atoms with Gasteiger partial charge in [0.25, 0.3) is 0 Å². The van der Waals surface area contributed by atoms with Crippen molar-refractivity contribution in [2.24, 2.45) is 5.92 Å². The minimum atomic E-state index is -5.41. The molecular weight excluding hydrogens is 546 g/mol. The van der Waals surface area contributed by atoms with Gasteiger partial charge in [-0.25, -0.2) is 22.0 Å². The summed E-state index contributed by atoms with van der Waals surface area (Å²) in [6.07, 6.45) is -4.98. The molecule has 210 valence electrons. The molecule has 1 fully saturated rings. The Kier molecular flexibility index (Phi) is 8.00. The summed E-state index contributed by atoms with van der Waals surface area (Å²) in [7, 11) is 0. The minimum Gasteiger partial charge on any atom is -0.348 e. The number of hydrogen-bond donors (Lipinski definition) is 0. The lowest BCUT2D eigenvalue weighted by Crippen LogP contribution is -2.27. The molecule has 1 heterocycles. The molecule has 1 aliphatic heterocycles. The SMILES string of the molecule is CCCC1COC(c2cc(F)c(C(F)(F)c3cccc(-c4cc(F)c(C(F)(F)F)c(F)c4)c3F)c(F)c2)OC1. The first-order chi connectivity index (χ1) is 18.3.